The second-order valence-electron chi connectivity index (χ2n) is 4.45. The zero-order chi connectivity index (χ0) is 14.2. The van der Waals surface area contributed by atoms with Gasteiger partial charge in [-0.25, -0.2) is 4.99 Å². The van der Waals surface area contributed by atoms with Gasteiger partial charge in [-0.3, -0.25) is 4.99 Å². The lowest BCUT2D eigenvalue weighted by Crippen LogP contribution is -1.88. The van der Waals surface area contributed by atoms with Crippen molar-refractivity contribution in [3.63, 3.8) is 0 Å². The Labute approximate surface area is 124 Å². The molecule has 0 atom stereocenters. The number of hydrogen-bond donors (Lipinski definition) is 0. The first-order valence-electron chi connectivity index (χ1n) is 6.57. The number of benzene rings is 2. The summed E-state index contributed by atoms with van der Waals surface area (Å²) in [5, 5.41) is 0.763. The van der Waals surface area contributed by atoms with Crippen LogP contribution in [0.4, 0.5) is 0 Å². The summed E-state index contributed by atoms with van der Waals surface area (Å²) in [6.45, 7) is 0. The van der Waals surface area contributed by atoms with Crippen LogP contribution in [0.2, 0.25) is 5.02 Å². The molecular weight excluding hydrogens is 268 g/mol. The van der Waals surface area contributed by atoms with E-state index in [4.69, 9.17) is 11.6 Å². The Kier molecular flexibility index (Phi) is 5.51. The Bertz CT molecular complexity index is 618. The minimum atomic E-state index is 0.763. The molecule has 0 bridgehead atoms. The maximum absolute atomic E-state index is 6.04. The molecule has 102 valence electrons. The second-order valence-corrected chi connectivity index (χ2v) is 4.89. The third kappa shape index (κ3) is 4.32. The molecule has 0 saturated heterocycles. The van der Waals surface area contributed by atoms with Crippen LogP contribution in [0.25, 0.3) is 11.1 Å². The highest BCUT2D eigenvalue weighted by Crippen LogP contribution is 2.23. The monoisotopic (exact) mass is 284 g/mol. The molecule has 2 aromatic rings. The minimum Gasteiger partial charge on any atom is -0.277 e. The van der Waals surface area contributed by atoms with Crippen molar-refractivity contribution in [3.05, 3.63) is 59.1 Å². The highest BCUT2D eigenvalue weighted by Gasteiger charge is 2.00. The molecule has 2 rings (SSSR count). The van der Waals surface area contributed by atoms with Gasteiger partial charge in [0.1, 0.15) is 6.34 Å². The average Bonchev–Trinajstić information content (AvgIpc) is 2.47. The third-order valence-corrected chi connectivity index (χ3v) is 3.17. The molecule has 0 fully saturated rings. The summed E-state index contributed by atoms with van der Waals surface area (Å²) in [6.07, 6.45) is 5.32. The fraction of sp³-hybridized carbons (Fsp3) is 0.176. The van der Waals surface area contributed by atoms with Crippen LogP contribution in [0.5, 0.6) is 0 Å². The Hall–Kier alpha value is -1.93. The topological polar surface area (TPSA) is 24.7 Å². The van der Waals surface area contributed by atoms with Gasteiger partial charge in [-0.05, 0) is 41.7 Å². The molecule has 0 amide bonds. The Morgan fingerprint density at radius 3 is 2.55 bits per heavy atom. The molecule has 0 saturated carbocycles. The predicted octanol–water partition coefficient (Wildman–Crippen LogP) is 4.67. The Morgan fingerprint density at radius 2 is 1.80 bits per heavy atom. The fourth-order valence-corrected chi connectivity index (χ4v) is 2.18. The number of aryl methyl sites for hydroxylation is 1. The summed E-state index contributed by atoms with van der Waals surface area (Å²) in [7, 11) is 1.71. The van der Waals surface area contributed by atoms with Crippen LogP contribution in [0.1, 0.15) is 12.0 Å². The molecule has 2 nitrogen and oxygen atoms in total. The second kappa shape index (κ2) is 7.61. The van der Waals surface area contributed by atoms with Crippen LogP contribution in [0.15, 0.2) is 58.5 Å². The van der Waals surface area contributed by atoms with Gasteiger partial charge in [0.25, 0.3) is 0 Å². The van der Waals surface area contributed by atoms with Gasteiger partial charge < -0.3 is 0 Å². The largest absolute Gasteiger partial charge is 0.277 e. The van der Waals surface area contributed by atoms with E-state index in [1.165, 1.54) is 11.1 Å². The smallest absolute Gasteiger partial charge is 0.109 e. The minimum absolute atomic E-state index is 0.763. The zero-order valence-corrected chi connectivity index (χ0v) is 12.2. The van der Waals surface area contributed by atoms with Gasteiger partial charge in [0.15, 0.2) is 0 Å². The molecule has 0 aromatic heterocycles. The first kappa shape index (κ1) is 14.5. The number of nitrogens with zero attached hydrogens (tertiary/aromatic N) is 2. The lowest BCUT2D eigenvalue weighted by molar-refractivity contribution is 1.06. The molecule has 0 N–H and O–H groups in total. The lowest BCUT2D eigenvalue weighted by atomic mass is 10.0. The molecule has 2 aromatic carbocycles. The summed E-state index contributed by atoms with van der Waals surface area (Å²) in [5.41, 5.74) is 3.63. The summed E-state index contributed by atoms with van der Waals surface area (Å²) in [5.74, 6) is 0. The highest BCUT2D eigenvalue weighted by atomic mass is 35.5. The molecule has 0 spiro atoms. The van der Waals surface area contributed by atoms with E-state index in [0.29, 0.717) is 0 Å². The van der Waals surface area contributed by atoms with Gasteiger partial charge in [-0.2, -0.15) is 0 Å². The van der Waals surface area contributed by atoms with Crippen molar-refractivity contribution in [2.45, 2.75) is 12.8 Å². The molecule has 0 heterocycles. The first-order chi connectivity index (χ1) is 9.79. The summed E-state index contributed by atoms with van der Waals surface area (Å²) >= 11 is 6.04. The molecule has 20 heavy (non-hydrogen) atoms. The van der Waals surface area contributed by atoms with Gasteiger partial charge in [0.2, 0.25) is 0 Å². The number of hydrogen-bond acceptors (Lipinski definition) is 1. The van der Waals surface area contributed by atoms with E-state index in [2.05, 4.69) is 40.3 Å². The van der Waals surface area contributed by atoms with Crippen molar-refractivity contribution >= 4 is 24.2 Å². The van der Waals surface area contributed by atoms with E-state index in [0.717, 1.165) is 23.4 Å². The van der Waals surface area contributed by atoms with Gasteiger partial charge in [-0.15, -0.1) is 0 Å². The summed E-state index contributed by atoms with van der Waals surface area (Å²) < 4.78 is 0. The third-order valence-electron chi connectivity index (χ3n) is 2.93. The van der Waals surface area contributed by atoms with Gasteiger partial charge in [0.05, 0.1) is 0 Å². The first-order valence-corrected chi connectivity index (χ1v) is 6.94. The SMILES string of the molecule is C/N=C\N=C/CCc1cccc(-c2cccc(Cl)c2)c1. The number of aliphatic imine (C=N–C) groups is 2. The summed E-state index contributed by atoms with van der Waals surface area (Å²) in [4.78, 5) is 7.87. The Morgan fingerprint density at radius 1 is 1.05 bits per heavy atom. The molecule has 0 unspecified atom stereocenters. The van der Waals surface area contributed by atoms with E-state index in [-0.39, 0.29) is 0 Å². The fourth-order valence-electron chi connectivity index (χ4n) is 1.99. The van der Waals surface area contributed by atoms with Crippen LogP contribution >= 0.6 is 11.6 Å². The maximum atomic E-state index is 6.04. The predicted molar refractivity (Wildman–Crippen MR) is 88.1 cm³/mol. The quantitative estimate of drug-likeness (QED) is 0.563. The van der Waals surface area contributed by atoms with Gasteiger partial charge in [-0.1, -0.05) is 48.0 Å². The van der Waals surface area contributed by atoms with E-state index in [1.54, 1.807) is 13.4 Å². The molecule has 0 aliphatic rings. The van der Waals surface area contributed by atoms with E-state index in [1.807, 2.05) is 24.4 Å². The van der Waals surface area contributed by atoms with Crippen molar-refractivity contribution in [1.29, 1.82) is 0 Å². The molecule has 0 radical (unpaired) electrons. The average molecular weight is 285 g/mol. The van der Waals surface area contributed by atoms with Gasteiger partial charge >= 0.3 is 0 Å². The van der Waals surface area contributed by atoms with Gasteiger partial charge in [0, 0.05) is 18.3 Å². The number of rotatable bonds is 5. The van der Waals surface area contributed by atoms with Crippen LogP contribution < -0.4 is 0 Å². The van der Waals surface area contributed by atoms with E-state index >= 15 is 0 Å². The normalized spacial score (nSPS) is 11.5. The van der Waals surface area contributed by atoms with Crippen LogP contribution in [-0.2, 0) is 6.42 Å². The number of halogens is 1. The highest BCUT2D eigenvalue weighted by molar-refractivity contribution is 6.30. The van der Waals surface area contributed by atoms with E-state index < -0.39 is 0 Å². The lowest BCUT2D eigenvalue weighted by Gasteiger charge is -2.05. The van der Waals surface area contributed by atoms with E-state index in [9.17, 15) is 0 Å². The van der Waals surface area contributed by atoms with Crippen molar-refractivity contribution in [1.82, 2.24) is 0 Å². The summed E-state index contributed by atoms with van der Waals surface area (Å²) in [6, 6.07) is 16.4. The van der Waals surface area contributed by atoms with Crippen molar-refractivity contribution in [2.24, 2.45) is 9.98 Å². The van der Waals surface area contributed by atoms with Crippen molar-refractivity contribution in [3.8, 4) is 11.1 Å². The van der Waals surface area contributed by atoms with Crippen LogP contribution in [0.3, 0.4) is 0 Å². The standard InChI is InChI=1S/C17H17ClN2/c1-19-13-20-10-4-6-14-5-2-7-15(11-14)16-8-3-9-17(18)12-16/h2-3,5,7-13H,4,6H2,1H3/b19-13-,20-10-. The zero-order valence-electron chi connectivity index (χ0n) is 11.5. The van der Waals surface area contributed by atoms with Crippen molar-refractivity contribution < 1.29 is 0 Å². The molecule has 0 aliphatic heterocycles. The molecule has 0 aliphatic carbocycles. The van der Waals surface area contributed by atoms with Crippen LogP contribution in [0, 0.1) is 0 Å². The maximum Gasteiger partial charge on any atom is 0.109 e. The Balaban J connectivity index is 2.08. The van der Waals surface area contributed by atoms with Crippen LogP contribution in [-0.4, -0.2) is 19.6 Å². The van der Waals surface area contributed by atoms with Crippen molar-refractivity contribution in [2.75, 3.05) is 7.05 Å². The molecule has 3 heteroatoms. The molecular formula is C17H17ClN2.